The molecule has 1 aromatic heterocycles. The van der Waals surface area contributed by atoms with Crippen LogP contribution in [0.15, 0.2) is 48.8 Å². The molecule has 0 bridgehead atoms. The van der Waals surface area contributed by atoms with E-state index in [-0.39, 0.29) is 24.4 Å². The molecule has 0 fully saturated rings. The highest BCUT2D eigenvalue weighted by molar-refractivity contribution is 6.04. The van der Waals surface area contributed by atoms with Gasteiger partial charge in [0, 0.05) is 24.6 Å². The maximum Gasteiger partial charge on any atom is 0.170 e. The number of ketones is 2. The Labute approximate surface area is 173 Å². The van der Waals surface area contributed by atoms with Crippen LogP contribution >= 0.6 is 0 Å². The minimum Gasteiger partial charge on any atom is -0.486 e. The predicted octanol–water partition coefficient (Wildman–Crippen LogP) is 3.70. The lowest BCUT2D eigenvalue weighted by Gasteiger charge is -2.16. The Kier molecular flexibility index (Phi) is 5.44. The summed E-state index contributed by atoms with van der Waals surface area (Å²) in [6.45, 7) is 1.05. The largest absolute Gasteiger partial charge is 0.486 e. The van der Waals surface area contributed by atoms with Gasteiger partial charge in [-0.25, -0.2) is 4.39 Å². The normalized spacial score (nSPS) is 17.4. The number of rotatable bonds is 7. The zero-order valence-corrected chi connectivity index (χ0v) is 16.8. The van der Waals surface area contributed by atoms with Crippen molar-refractivity contribution in [3.8, 4) is 5.75 Å². The molecule has 154 valence electrons. The Balaban J connectivity index is 1.82. The molecule has 0 unspecified atom stereocenters. The van der Waals surface area contributed by atoms with E-state index in [0.29, 0.717) is 28.3 Å². The van der Waals surface area contributed by atoms with Crippen molar-refractivity contribution in [2.45, 2.75) is 31.8 Å². The third-order valence-electron chi connectivity index (χ3n) is 5.47. The van der Waals surface area contributed by atoms with E-state index in [0.717, 1.165) is 5.56 Å². The molecule has 0 radical (unpaired) electrons. The van der Waals surface area contributed by atoms with Crippen LogP contribution in [0, 0.1) is 0 Å². The number of hydrogen-bond acceptors (Lipinski definition) is 5. The van der Waals surface area contributed by atoms with E-state index in [1.165, 1.54) is 6.33 Å². The number of ether oxygens (including phenoxy) is 1. The average molecular weight is 407 g/mol. The summed E-state index contributed by atoms with van der Waals surface area (Å²) in [5, 5.41) is 7.77. The third kappa shape index (κ3) is 3.51. The molecule has 2 atom stereocenters. The van der Waals surface area contributed by atoms with Crippen molar-refractivity contribution in [2.75, 3.05) is 6.67 Å². The zero-order valence-electron chi connectivity index (χ0n) is 16.8. The number of aromatic nitrogens is 3. The van der Waals surface area contributed by atoms with Gasteiger partial charge in [0.25, 0.3) is 0 Å². The monoisotopic (exact) mass is 407 g/mol. The Bertz CT molecular complexity index is 1090. The summed E-state index contributed by atoms with van der Waals surface area (Å²) in [5.74, 6) is 0.188. The van der Waals surface area contributed by atoms with Gasteiger partial charge in [-0.2, -0.15) is 0 Å². The fourth-order valence-electron chi connectivity index (χ4n) is 3.88. The van der Waals surface area contributed by atoms with Crippen LogP contribution in [0.25, 0.3) is 0 Å². The molecule has 0 spiro atoms. The maximum atomic E-state index is 13.9. The molecule has 4 rings (SSSR count). The third-order valence-corrected chi connectivity index (χ3v) is 5.47. The van der Waals surface area contributed by atoms with Crippen LogP contribution in [0.3, 0.4) is 0 Å². The van der Waals surface area contributed by atoms with Gasteiger partial charge >= 0.3 is 0 Å². The van der Waals surface area contributed by atoms with E-state index in [2.05, 4.69) is 10.2 Å². The summed E-state index contributed by atoms with van der Waals surface area (Å²) < 4.78 is 21.5. The van der Waals surface area contributed by atoms with Gasteiger partial charge in [0.05, 0.1) is 17.9 Å². The second kappa shape index (κ2) is 8.18. The fourth-order valence-corrected chi connectivity index (χ4v) is 3.88. The molecule has 0 saturated heterocycles. The summed E-state index contributed by atoms with van der Waals surface area (Å²) >= 11 is 0. The number of carbonyl (C=O) groups excluding carboxylic acids is 2. The van der Waals surface area contributed by atoms with Crippen LogP contribution in [0.5, 0.6) is 5.75 Å². The van der Waals surface area contributed by atoms with Crippen molar-refractivity contribution in [1.29, 1.82) is 0 Å². The molecule has 30 heavy (non-hydrogen) atoms. The van der Waals surface area contributed by atoms with Gasteiger partial charge in [0.2, 0.25) is 0 Å². The van der Waals surface area contributed by atoms with Crippen molar-refractivity contribution >= 4 is 11.6 Å². The molecule has 2 heterocycles. The quantitative estimate of drug-likeness (QED) is 0.559. The topological polar surface area (TPSA) is 74.1 Å². The van der Waals surface area contributed by atoms with Gasteiger partial charge in [0.15, 0.2) is 11.6 Å². The Hall–Kier alpha value is -3.35. The van der Waals surface area contributed by atoms with Gasteiger partial charge in [-0.3, -0.25) is 9.59 Å². The van der Waals surface area contributed by atoms with Crippen molar-refractivity contribution in [1.82, 2.24) is 14.8 Å². The van der Waals surface area contributed by atoms with Crippen LogP contribution in [-0.4, -0.2) is 39.1 Å². The molecule has 3 aromatic rings. The molecule has 0 amide bonds. The molecule has 7 heteroatoms. The standard InChI is InChI=1S/C23H22FN3O3/c1-3-18(28)16-9-15(19(29)11-21-26-25-13-27(21)2)10-17-22(14-7-5-4-6-8-14)20(12-24)30-23(16)17/h4-10,13,20,22H,3,11-12H2,1-2H3/t20-,22+/m1/s1. The number of hydrogen-bond donors (Lipinski definition) is 0. The van der Waals surface area contributed by atoms with E-state index in [9.17, 15) is 14.0 Å². The second-order valence-electron chi connectivity index (χ2n) is 7.38. The molecule has 2 aromatic carbocycles. The Morgan fingerprint density at radius 1 is 1.17 bits per heavy atom. The van der Waals surface area contributed by atoms with E-state index in [1.54, 1.807) is 30.7 Å². The molecule has 6 nitrogen and oxygen atoms in total. The highest BCUT2D eigenvalue weighted by Crippen LogP contribution is 2.45. The summed E-state index contributed by atoms with van der Waals surface area (Å²) in [6, 6.07) is 12.7. The summed E-state index contributed by atoms with van der Waals surface area (Å²) in [6.07, 6.45) is 1.10. The first-order chi connectivity index (χ1) is 14.5. The number of halogens is 1. The van der Waals surface area contributed by atoms with Gasteiger partial charge in [0.1, 0.15) is 30.7 Å². The maximum absolute atomic E-state index is 13.9. The summed E-state index contributed by atoms with van der Waals surface area (Å²) in [7, 11) is 1.77. The number of fused-ring (bicyclic) bond motifs is 1. The first kappa shape index (κ1) is 19.9. The molecular weight excluding hydrogens is 385 g/mol. The first-order valence-corrected chi connectivity index (χ1v) is 9.88. The fraction of sp³-hybridized carbons (Fsp3) is 0.304. The summed E-state index contributed by atoms with van der Waals surface area (Å²) in [5.41, 5.74) is 2.27. The van der Waals surface area contributed by atoms with Crippen LogP contribution in [0.4, 0.5) is 4.39 Å². The Morgan fingerprint density at radius 3 is 2.57 bits per heavy atom. The number of aryl methyl sites for hydroxylation is 1. The SMILES string of the molecule is CCC(=O)c1cc(C(=O)Cc2nncn2C)cc2c1O[C@H](CF)[C@H]2c1ccccc1. The minimum absolute atomic E-state index is 0.0540. The van der Waals surface area contributed by atoms with Crippen LogP contribution in [0.2, 0.25) is 0 Å². The summed E-state index contributed by atoms with van der Waals surface area (Å²) in [4.78, 5) is 25.7. The van der Waals surface area contributed by atoms with E-state index in [1.807, 2.05) is 30.3 Å². The van der Waals surface area contributed by atoms with Crippen LogP contribution < -0.4 is 4.74 Å². The lowest BCUT2D eigenvalue weighted by Crippen LogP contribution is -2.22. The predicted molar refractivity (Wildman–Crippen MR) is 109 cm³/mol. The highest BCUT2D eigenvalue weighted by atomic mass is 19.1. The molecule has 0 aliphatic carbocycles. The number of benzene rings is 2. The van der Waals surface area contributed by atoms with Gasteiger partial charge in [-0.05, 0) is 17.7 Å². The van der Waals surface area contributed by atoms with Crippen molar-refractivity contribution in [3.63, 3.8) is 0 Å². The highest BCUT2D eigenvalue weighted by Gasteiger charge is 2.38. The number of Topliss-reactive ketones (excluding diaryl/α,β-unsaturated/α-hetero) is 2. The first-order valence-electron chi connectivity index (χ1n) is 9.88. The number of alkyl halides is 1. The van der Waals surface area contributed by atoms with Gasteiger partial charge in [-0.1, -0.05) is 37.3 Å². The molecule has 0 N–H and O–H groups in total. The lowest BCUT2D eigenvalue weighted by molar-refractivity contribution is 0.0980. The van der Waals surface area contributed by atoms with Crippen LogP contribution in [0.1, 0.15) is 56.9 Å². The number of nitrogens with zero attached hydrogens (tertiary/aromatic N) is 3. The van der Waals surface area contributed by atoms with E-state index in [4.69, 9.17) is 4.74 Å². The Morgan fingerprint density at radius 2 is 1.93 bits per heavy atom. The average Bonchev–Trinajstić information content (AvgIpc) is 3.35. The number of carbonyl (C=O) groups is 2. The lowest BCUT2D eigenvalue weighted by atomic mass is 9.85. The van der Waals surface area contributed by atoms with Gasteiger partial charge < -0.3 is 9.30 Å². The minimum atomic E-state index is -0.741. The smallest absolute Gasteiger partial charge is 0.170 e. The zero-order chi connectivity index (χ0) is 21.3. The second-order valence-corrected chi connectivity index (χ2v) is 7.38. The molecule has 0 saturated carbocycles. The van der Waals surface area contributed by atoms with E-state index >= 15 is 0 Å². The van der Waals surface area contributed by atoms with Crippen LogP contribution in [-0.2, 0) is 13.5 Å². The van der Waals surface area contributed by atoms with Crippen molar-refractivity contribution in [3.05, 3.63) is 76.9 Å². The van der Waals surface area contributed by atoms with Crippen molar-refractivity contribution < 1.29 is 18.7 Å². The molecule has 1 aliphatic heterocycles. The van der Waals surface area contributed by atoms with Gasteiger partial charge in [-0.15, -0.1) is 10.2 Å². The van der Waals surface area contributed by atoms with Crippen molar-refractivity contribution in [2.24, 2.45) is 7.05 Å². The molecular formula is C23H22FN3O3. The molecule has 1 aliphatic rings. The van der Waals surface area contributed by atoms with E-state index < -0.39 is 18.7 Å².